The molecule has 0 radical (unpaired) electrons. The molecule has 2 aromatic rings. The predicted molar refractivity (Wildman–Crippen MR) is 91.7 cm³/mol. The number of esters is 1. The number of quaternary nitrogens is 1. The zero-order valence-corrected chi connectivity index (χ0v) is 15.4. The lowest BCUT2D eigenvalue weighted by Crippen LogP contribution is -3.12. The Labute approximate surface area is 148 Å². The summed E-state index contributed by atoms with van der Waals surface area (Å²) in [5.74, 6) is -0.0606. The van der Waals surface area contributed by atoms with Crippen molar-refractivity contribution >= 4 is 39.1 Å². The minimum atomic E-state index is -0.0643. The number of ether oxygens (including phenoxy) is 1. The van der Waals surface area contributed by atoms with Gasteiger partial charge in [0.1, 0.15) is 28.4 Å². The lowest BCUT2D eigenvalue weighted by atomic mass is 9.98. The second-order valence-electron chi connectivity index (χ2n) is 5.90. The maximum Gasteiger partial charge on any atom is 0.314 e. The fourth-order valence-electron chi connectivity index (χ4n) is 3.16. The van der Waals surface area contributed by atoms with Gasteiger partial charge in [-0.15, -0.1) is 0 Å². The number of pyridine rings is 1. The average Bonchev–Trinajstić information content (AvgIpc) is 2.84. The highest BCUT2D eigenvalue weighted by Gasteiger charge is 2.30. The summed E-state index contributed by atoms with van der Waals surface area (Å²) in [7, 11) is 0. The van der Waals surface area contributed by atoms with Gasteiger partial charge in [-0.25, -0.2) is 4.98 Å². The van der Waals surface area contributed by atoms with Crippen molar-refractivity contribution in [2.45, 2.75) is 26.3 Å². The van der Waals surface area contributed by atoms with Gasteiger partial charge in [0, 0.05) is 6.20 Å². The molecular weight excluding hydrogens is 382 g/mol. The lowest BCUT2D eigenvalue weighted by Gasteiger charge is -2.28. The third kappa shape index (κ3) is 3.70. The first kappa shape index (κ1) is 16.7. The maximum atomic E-state index is 12.0. The van der Waals surface area contributed by atoms with Crippen molar-refractivity contribution in [2.24, 2.45) is 5.92 Å². The number of halogens is 2. The molecule has 1 aliphatic heterocycles. The van der Waals surface area contributed by atoms with Gasteiger partial charge in [0.15, 0.2) is 0 Å². The summed E-state index contributed by atoms with van der Waals surface area (Å²) in [5, 5.41) is 0.676. The Morgan fingerprint density at radius 1 is 1.57 bits per heavy atom. The van der Waals surface area contributed by atoms with E-state index in [0.717, 1.165) is 48.4 Å². The highest BCUT2D eigenvalue weighted by atomic mass is 79.9. The first-order chi connectivity index (χ1) is 11.1. The second kappa shape index (κ2) is 7.20. The smallest absolute Gasteiger partial charge is 0.314 e. The third-order valence-electron chi connectivity index (χ3n) is 4.25. The molecule has 3 rings (SSSR count). The van der Waals surface area contributed by atoms with Crippen LogP contribution in [-0.2, 0) is 16.1 Å². The molecule has 1 aliphatic rings. The molecule has 2 aromatic heterocycles. The molecule has 1 N–H and O–H groups in total. The minimum Gasteiger partial charge on any atom is -0.466 e. The summed E-state index contributed by atoms with van der Waals surface area (Å²) in [5.41, 5.74) is 1.86. The Kier molecular flexibility index (Phi) is 5.24. The third-order valence-corrected chi connectivity index (χ3v) is 5.31. The Morgan fingerprint density at radius 3 is 3.17 bits per heavy atom. The molecule has 0 bridgehead atoms. The van der Waals surface area contributed by atoms with Gasteiger partial charge in [0.25, 0.3) is 0 Å². The molecule has 1 saturated heterocycles. The quantitative estimate of drug-likeness (QED) is 0.798. The number of carbonyl (C=O) groups is 1. The number of nitrogens with one attached hydrogen (secondary N) is 1. The van der Waals surface area contributed by atoms with Crippen LogP contribution in [0.4, 0.5) is 0 Å². The molecule has 5 nitrogen and oxygen atoms in total. The van der Waals surface area contributed by atoms with E-state index in [1.807, 2.05) is 29.7 Å². The van der Waals surface area contributed by atoms with E-state index in [-0.39, 0.29) is 11.9 Å². The Bertz CT molecular complexity index is 719. The van der Waals surface area contributed by atoms with Gasteiger partial charge in [-0.2, -0.15) is 0 Å². The number of piperidine rings is 1. The van der Waals surface area contributed by atoms with Crippen LogP contribution in [0.25, 0.3) is 5.65 Å². The fourth-order valence-corrected chi connectivity index (χ4v) is 3.83. The number of hydrogen-bond acceptors (Lipinski definition) is 3. The topological polar surface area (TPSA) is 48.0 Å². The van der Waals surface area contributed by atoms with E-state index in [9.17, 15) is 4.79 Å². The lowest BCUT2D eigenvalue weighted by molar-refractivity contribution is -0.921. The molecule has 0 aromatic carbocycles. The second-order valence-corrected chi connectivity index (χ2v) is 7.08. The van der Waals surface area contributed by atoms with Crippen molar-refractivity contribution in [3.8, 4) is 0 Å². The number of aromatic nitrogens is 2. The van der Waals surface area contributed by atoms with Gasteiger partial charge in [0.05, 0.1) is 24.7 Å². The molecule has 1 unspecified atom stereocenters. The predicted octanol–water partition coefficient (Wildman–Crippen LogP) is 2.11. The van der Waals surface area contributed by atoms with Crippen molar-refractivity contribution in [3.05, 3.63) is 33.6 Å². The summed E-state index contributed by atoms with van der Waals surface area (Å²) >= 11 is 9.67. The van der Waals surface area contributed by atoms with E-state index in [1.54, 1.807) is 0 Å². The van der Waals surface area contributed by atoms with Crippen LogP contribution < -0.4 is 4.90 Å². The average molecular weight is 402 g/mol. The molecule has 124 valence electrons. The number of likely N-dealkylation sites (tertiary alicyclic amines) is 1. The van der Waals surface area contributed by atoms with Crippen LogP contribution in [0, 0.1) is 5.92 Å². The molecule has 23 heavy (non-hydrogen) atoms. The fraction of sp³-hybridized carbons (Fsp3) is 0.500. The van der Waals surface area contributed by atoms with Gasteiger partial charge in [-0.1, -0.05) is 11.6 Å². The van der Waals surface area contributed by atoms with Gasteiger partial charge < -0.3 is 9.64 Å². The van der Waals surface area contributed by atoms with E-state index >= 15 is 0 Å². The molecule has 7 heteroatoms. The molecule has 3 heterocycles. The van der Waals surface area contributed by atoms with Gasteiger partial charge in [-0.3, -0.25) is 9.20 Å². The van der Waals surface area contributed by atoms with Gasteiger partial charge >= 0.3 is 5.97 Å². The Hall–Kier alpha value is -1.11. The van der Waals surface area contributed by atoms with Crippen molar-refractivity contribution in [1.82, 2.24) is 9.38 Å². The summed E-state index contributed by atoms with van der Waals surface area (Å²) in [6, 6.07) is 3.74. The van der Waals surface area contributed by atoms with E-state index in [0.29, 0.717) is 11.6 Å². The normalized spacial score (nSPS) is 21.5. The number of rotatable bonds is 4. The number of nitrogens with zero attached hydrogens (tertiary/aromatic N) is 2. The van der Waals surface area contributed by atoms with Gasteiger partial charge in [-0.05, 0) is 47.8 Å². The minimum absolute atomic E-state index is 0.00366. The zero-order chi connectivity index (χ0) is 16.4. The van der Waals surface area contributed by atoms with Crippen molar-refractivity contribution in [1.29, 1.82) is 0 Å². The van der Waals surface area contributed by atoms with Crippen LogP contribution >= 0.6 is 27.5 Å². The van der Waals surface area contributed by atoms with Crippen LogP contribution in [0.2, 0.25) is 5.02 Å². The SMILES string of the molecule is CCOC(=O)[C@@H]1CCC[NH+](Cc2nc3ccc(Cl)cn3c2Br)C1. The molecule has 0 saturated carbocycles. The molecule has 1 fully saturated rings. The number of imidazole rings is 1. The standard InChI is InChI=1S/C16H19BrClN3O2/c1-2-23-16(22)11-4-3-7-20(8-11)10-13-15(17)21-9-12(18)5-6-14(21)19-13/h5-6,9,11H,2-4,7-8,10H2,1H3/p+1/t11-/m1/s1. The van der Waals surface area contributed by atoms with Crippen LogP contribution in [0.3, 0.4) is 0 Å². The highest BCUT2D eigenvalue weighted by Crippen LogP contribution is 2.21. The molecule has 2 atom stereocenters. The zero-order valence-electron chi connectivity index (χ0n) is 13.0. The number of fused-ring (bicyclic) bond motifs is 1. The van der Waals surface area contributed by atoms with Crippen molar-refractivity contribution in [2.75, 3.05) is 19.7 Å². The summed E-state index contributed by atoms with van der Waals surface area (Å²) in [6.45, 7) is 4.94. The van der Waals surface area contributed by atoms with E-state index in [2.05, 4.69) is 20.9 Å². The first-order valence-electron chi connectivity index (χ1n) is 7.90. The van der Waals surface area contributed by atoms with Crippen LogP contribution in [-0.4, -0.2) is 35.1 Å². The number of hydrogen-bond donors (Lipinski definition) is 1. The van der Waals surface area contributed by atoms with E-state index in [1.165, 1.54) is 4.90 Å². The van der Waals surface area contributed by atoms with Crippen LogP contribution in [0.1, 0.15) is 25.5 Å². The van der Waals surface area contributed by atoms with E-state index < -0.39 is 0 Å². The van der Waals surface area contributed by atoms with E-state index in [4.69, 9.17) is 16.3 Å². The van der Waals surface area contributed by atoms with Crippen molar-refractivity contribution in [3.63, 3.8) is 0 Å². The molecule has 0 spiro atoms. The molecule has 0 amide bonds. The molecular formula is C16H20BrClN3O2+. The number of carbonyl (C=O) groups excluding carboxylic acids is 1. The highest BCUT2D eigenvalue weighted by molar-refractivity contribution is 9.10. The summed E-state index contributed by atoms with van der Waals surface area (Å²) < 4.78 is 8.05. The Balaban J connectivity index is 1.74. The molecule has 0 aliphatic carbocycles. The van der Waals surface area contributed by atoms with Crippen LogP contribution in [0.5, 0.6) is 0 Å². The van der Waals surface area contributed by atoms with Crippen LogP contribution in [0.15, 0.2) is 22.9 Å². The monoisotopic (exact) mass is 400 g/mol. The largest absolute Gasteiger partial charge is 0.466 e. The maximum absolute atomic E-state index is 12.0. The van der Waals surface area contributed by atoms with Crippen molar-refractivity contribution < 1.29 is 14.4 Å². The first-order valence-corrected chi connectivity index (χ1v) is 9.07. The van der Waals surface area contributed by atoms with Gasteiger partial charge in [0.2, 0.25) is 0 Å². The summed E-state index contributed by atoms with van der Waals surface area (Å²) in [4.78, 5) is 18.0. The summed E-state index contributed by atoms with van der Waals surface area (Å²) in [6.07, 6.45) is 3.81. The Morgan fingerprint density at radius 2 is 2.39 bits per heavy atom.